The Labute approximate surface area is 121 Å². The second kappa shape index (κ2) is 4.74. The lowest BCUT2D eigenvalue weighted by molar-refractivity contribution is -0.0948. The van der Waals surface area contributed by atoms with E-state index >= 15 is 0 Å². The molecule has 0 amide bonds. The molecule has 1 aliphatic rings. The largest absolute Gasteiger partial charge is 0.394 e. The molecular weight excluding hydrogens is 274 g/mol. The van der Waals surface area contributed by atoms with E-state index < -0.39 is 24.0 Å². The third-order valence-electron chi connectivity index (χ3n) is 4.18. The van der Waals surface area contributed by atoms with Crippen LogP contribution in [0.1, 0.15) is 24.4 Å². The quantitative estimate of drug-likeness (QED) is 0.723. The molecule has 1 unspecified atom stereocenters. The summed E-state index contributed by atoms with van der Waals surface area (Å²) in [6, 6.07) is 0. The minimum atomic E-state index is -1.52. The van der Waals surface area contributed by atoms with Gasteiger partial charge >= 0.3 is 0 Å². The zero-order valence-corrected chi connectivity index (χ0v) is 12.2. The highest BCUT2D eigenvalue weighted by molar-refractivity contribution is 5.82. The summed E-state index contributed by atoms with van der Waals surface area (Å²) < 4.78 is 7.33. The lowest BCUT2D eigenvalue weighted by Gasteiger charge is -2.27. The Balaban J connectivity index is 2.15. The molecule has 0 radical (unpaired) electrons. The monoisotopic (exact) mass is 293 g/mol. The molecule has 114 valence electrons. The van der Waals surface area contributed by atoms with Crippen LogP contribution in [0.3, 0.4) is 0 Å². The molecule has 7 heteroatoms. The summed E-state index contributed by atoms with van der Waals surface area (Å²) in [6.07, 6.45) is 0.448. The molecule has 21 heavy (non-hydrogen) atoms. The number of rotatable bonds is 2. The summed E-state index contributed by atoms with van der Waals surface area (Å²) in [5, 5.41) is 30.8. The number of aromatic nitrogens is 3. The molecule has 0 saturated carbocycles. The number of hydrogen-bond acceptors (Lipinski definition) is 6. The lowest BCUT2D eigenvalue weighted by atomic mass is 9.96. The fraction of sp³-hybridized carbons (Fsp3) is 0.571. The number of aryl methyl sites for hydroxylation is 2. The lowest BCUT2D eigenvalue weighted by Crippen LogP contribution is -2.44. The third kappa shape index (κ3) is 1.96. The summed E-state index contributed by atoms with van der Waals surface area (Å²) >= 11 is 0. The second-order valence-electron chi connectivity index (χ2n) is 5.76. The fourth-order valence-electron chi connectivity index (χ4n) is 3.02. The second-order valence-corrected chi connectivity index (χ2v) is 5.76. The van der Waals surface area contributed by atoms with E-state index in [4.69, 9.17) is 4.74 Å². The van der Waals surface area contributed by atoms with Gasteiger partial charge in [0.2, 0.25) is 0 Å². The van der Waals surface area contributed by atoms with Crippen molar-refractivity contribution in [2.24, 2.45) is 0 Å². The molecule has 3 heterocycles. The normalized spacial score (nSPS) is 33.0. The number of hydrogen-bond donors (Lipinski definition) is 3. The maximum atomic E-state index is 10.6. The maximum absolute atomic E-state index is 10.6. The van der Waals surface area contributed by atoms with Gasteiger partial charge in [0.15, 0.2) is 6.23 Å². The van der Waals surface area contributed by atoms with Crippen LogP contribution in [-0.4, -0.2) is 54.3 Å². The minimum Gasteiger partial charge on any atom is -0.394 e. The number of aliphatic hydroxyl groups excluding tert-OH is 2. The molecule has 2 aromatic heterocycles. The Morgan fingerprint density at radius 3 is 2.71 bits per heavy atom. The fourth-order valence-corrected chi connectivity index (χ4v) is 3.02. The molecule has 7 nitrogen and oxygen atoms in total. The van der Waals surface area contributed by atoms with E-state index in [1.54, 1.807) is 4.57 Å². The van der Waals surface area contributed by atoms with Crippen LogP contribution < -0.4 is 0 Å². The summed E-state index contributed by atoms with van der Waals surface area (Å²) in [5.41, 5.74) is 0.915. The van der Waals surface area contributed by atoms with E-state index in [-0.39, 0.29) is 6.61 Å². The Morgan fingerprint density at radius 1 is 1.38 bits per heavy atom. The van der Waals surface area contributed by atoms with Crippen molar-refractivity contribution in [3.05, 3.63) is 23.8 Å². The van der Waals surface area contributed by atoms with Crippen LogP contribution in [0.2, 0.25) is 0 Å². The van der Waals surface area contributed by atoms with Crippen molar-refractivity contribution < 1.29 is 20.1 Å². The van der Waals surface area contributed by atoms with Crippen molar-refractivity contribution in [3.63, 3.8) is 0 Å². The van der Waals surface area contributed by atoms with Crippen LogP contribution in [0.25, 0.3) is 11.0 Å². The van der Waals surface area contributed by atoms with Crippen LogP contribution in [0.4, 0.5) is 0 Å². The average molecular weight is 293 g/mol. The Hall–Kier alpha value is -1.54. The van der Waals surface area contributed by atoms with Gasteiger partial charge in [0.25, 0.3) is 0 Å². The molecular formula is C14H19N3O4. The first-order valence-corrected chi connectivity index (χ1v) is 6.83. The van der Waals surface area contributed by atoms with Crippen molar-refractivity contribution in [3.8, 4) is 0 Å². The molecule has 0 aliphatic carbocycles. The molecule has 4 atom stereocenters. The van der Waals surface area contributed by atoms with Gasteiger partial charge in [0.05, 0.1) is 12.3 Å². The summed E-state index contributed by atoms with van der Waals surface area (Å²) in [4.78, 5) is 8.44. The molecule has 3 N–H and O–H groups in total. The molecule has 1 fully saturated rings. The molecule has 3 rings (SSSR count). The first kappa shape index (κ1) is 14.4. The van der Waals surface area contributed by atoms with Crippen LogP contribution in [0.5, 0.6) is 0 Å². The zero-order valence-electron chi connectivity index (χ0n) is 12.2. The number of ether oxygens (including phenoxy) is 1. The topological polar surface area (TPSA) is 101 Å². The zero-order chi connectivity index (χ0) is 15.4. The molecule has 1 aliphatic heterocycles. The van der Waals surface area contributed by atoms with Crippen LogP contribution >= 0.6 is 0 Å². The first-order valence-electron chi connectivity index (χ1n) is 6.83. The predicted molar refractivity (Wildman–Crippen MR) is 74.6 cm³/mol. The van der Waals surface area contributed by atoms with Crippen molar-refractivity contribution in [2.75, 3.05) is 6.61 Å². The van der Waals surface area contributed by atoms with Crippen LogP contribution in [-0.2, 0) is 4.74 Å². The van der Waals surface area contributed by atoms with Crippen molar-refractivity contribution >= 4 is 11.0 Å². The summed E-state index contributed by atoms with van der Waals surface area (Å²) in [7, 11) is 0. The van der Waals surface area contributed by atoms with Crippen molar-refractivity contribution in [1.29, 1.82) is 0 Å². The third-order valence-corrected chi connectivity index (χ3v) is 4.18. The first-order chi connectivity index (χ1) is 9.87. The van der Waals surface area contributed by atoms with Crippen molar-refractivity contribution in [2.45, 2.75) is 44.8 Å². The molecule has 1 saturated heterocycles. The number of nitrogens with zero attached hydrogens (tertiary/aromatic N) is 3. The van der Waals surface area contributed by atoms with Crippen LogP contribution in [0, 0.1) is 13.8 Å². The predicted octanol–water partition coefficient (Wildman–Crippen LogP) is 0.0497. The number of fused-ring (bicyclic) bond motifs is 1. The van der Waals surface area contributed by atoms with E-state index in [1.165, 1.54) is 13.3 Å². The van der Waals surface area contributed by atoms with Crippen molar-refractivity contribution in [1.82, 2.24) is 14.5 Å². The highest BCUT2D eigenvalue weighted by Crippen LogP contribution is 2.40. The smallest absolute Gasteiger partial charge is 0.167 e. The number of aliphatic hydroxyl groups is 3. The van der Waals surface area contributed by atoms with Crippen LogP contribution in [0.15, 0.2) is 12.5 Å². The van der Waals surface area contributed by atoms with E-state index in [0.29, 0.717) is 5.65 Å². The van der Waals surface area contributed by atoms with Gasteiger partial charge in [-0.3, -0.25) is 0 Å². The van der Waals surface area contributed by atoms with E-state index in [1.807, 2.05) is 20.0 Å². The van der Waals surface area contributed by atoms with Gasteiger partial charge in [-0.05, 0) is 26.3 Å². The van der Waals surface area contributed by atoms with E-state index in [0.717, 1.165) is 16.6 Å². The van der Waals surface area contributed by atoms with Gasteiger partial charge < -0.3 is 24.6 Å². The Bertz CT molecular complexity index is 682. The molecule has 0 spiro atoms. The standard InChI is InChI=1S/C14H19N3O4/c1-7-4-17(12-10(7)8(2)15-6-16-12)13-14(3,20)11(19)9(5-18)21-13/h4,6,9,11,13,18-20H,5H2,1-3H3/t9-,11-,13?,14-/m1/s1. The molecule has 2 aromatic rings. The van der Waals surface area contributed by atoms with Gasteiger partial charge in [-0.15, -0.1) is 0 Å². The van der Waals surface area contributed by atoms with E-state index in [2.05, 4.69) is 9.97 Å². The molecule has 0 aromatic carbocycles. The molecule has 0 bridgehead atoms. The Morgan fingerprint density at radius 2 is 2.10 bits per heavy atom. The maximum Gasteiger partial charge on any atom is 0.167 e. The average Bonchev–Trinajstić information content (AvgIpc) is 2.87. The van der Waals surface area contributed by atoms with Gasteiger partial charge in [0.1, 0.15) is 29.8 Å². The SMILES string of the molecule is Cc1cn(C2O[C@H](CO)[C@@H](O)[C@@]2(C)O)c2ncnc(C)c12. The Kier molecular flexibility index (Phi) is 3.25. The van der Waals surface area contributed by atoms with Gasteiger partial charge in [-0.1, -0.05) is 0 Å². The van der Waals surface area contributed by atoms with Gasteiger partial charge in [-0.2, -0.15) is 0 Å². The highest BCUT2D eigenvalue weighted by Gasteiger charge is 2.53. The summed E-state index contributed by atoms with van der Waals surface area (Å²) in [6.45, 7) is 4.95. The minimum absolute atomic E-state index is 0.361. The van der Waals surface area contributed by atoms with Gasteiger partial charge in [-0.25, -0.2) is 9.97 Å². The highest BCUT2D eigenvalue weighted by atomic mass is 16.6. The van der Waals surface area contributed by atoms with E-state index in [9.17, 15) is 15.3 Å². The van der Waals surface area contributed by atoms with Gasteiger partial charge in [0, 0.05) is 11.6 Å². The summed E-state index contributed by atoms with van der Waals surface area (Å²) in [5.74, 6) is 0.